The van der Waals surface area contributed by atoms with Crippen molar-refractivity contribution in [3.8, 4) is 0 Å². The highest BCUT2D eigenvalue weighted by Crippen LogP contribution is 2.44. The van der Waals surface area contributed by atoms with Gasteiger partial charge < -0.3 is 9.64 Å². The molecule has 28 heavy (non-hydrogen) atoms. The summed E-state index contributed by atoms with van der Waals surface area (Å²) in [6.07, 6.45) is 0.395. The second-order valence-corrected chi connectivity index (χ2v) is 7.56. The van der Waals surface area contributed by atoms with E-state index in [1.807, 2.05) is 0 Å². The van der Waals surface area contributed by atoms with E-state index in [0.717, 1.165) is 0 Å². The largest absolute Gasteiger partial charge is 0.377 e. The van der Waals surface area contributed by atoms with Gasteiger partial charge in [-0.25, -0.2) is 0 Å². The number of anilines is 2. The van der Waals surface area contributed by atoms with Crippen LogP contribution in [-0.2, 0) is 20.9 Å². The molecule has 0 unspecified atom stereocenters. The monoisotopic (exact) mass is 401 g/mol. The summed E-state index contributed by atoms with van der Waals surface area (Å²) in [5.74, 6) is -0.925. The van der Waals surface area contributed by atoms with Crippen LogP contribution in [0, 0.1) is 0 Å². The summed E-state index contributed by atoms with van der Waals surface area (Å²) in [4.78, 5) is 42.2. The molecule has 1 aromatic carbocycles. The number of nitrogens with one attached hydrogen (secondary N) is 1. The van der Waals surface area contributed by atoms with E-state index < -0.39 is 11.6 Å². The van der Waals surface area contributed by atoms with Gasteiger partial charge >= 0.3 is 0 Å². The van der Waals surface area contributed by atoms with Crippen molar-refractivity contribution >= 4 is 39.9 Å². The molecular formula is C18H19N5O4S. The zero-order valence-corrected chi connectivity index (χ0v) is 16.3. The van der Waals surface area contributed by atoms with Gasteiger partial charge in [0.25, 0.3) is 11.8 Å². The average molecular weight is 401 g/mol. The number of rotatable bonds is 5. The maximum atomic E-state index is 13.4. The lowest BCUT2D eigenvalue weighted by atomic mass is 9.95. The second kappa shape index (κ2) is 6.95. The molecule has 0 spiro atoms. The van der Waals surface area contributed by atoms with Gasteiger partial charge in [-0.15, -0.1) is 10.2 Å². The molecule has 0 radical (unpaired) electrons. The Labute approximate surface area is 165 Å². The van der Waals surface area contributed by atoms with Gasteiger partial charge in [-0.05, 0) is 19.1 Å². The summed E-state index contributed by atoms with van der Waals surface area (Å²) in [7, 11) is 1.55. The Morgan fingerprint density at radius 1 is 1.32 bits per heavy atom. The number of benzene rings is 1. The molecule has 1 atom stereocenters. The molecule has 4 rings (SSSR count). The quantitative estimate of drug-likeness (QED) is 0.816. The first-order valence-corrected chi connectivity index (χ1v) is 9.71. The van der Waals surface area contributed by atoms with E-state index in [1.54, 1.807) is 38.3 Å². The summed E-state index contributed by atoms with van der Waals surface area (Å²) < 4.78 is 5.02. The second-order valence-electron chi connectivity index (χ2n) is 6.50. The van der Waals surface area contributed by atoms with Crippen molar-refractivity contribution in [3.63, 3.8) is 0 Å². The number of fused-ring (bicyclic) bond motifs is 3. The van der Waals surface area contributed by atoms with E-state index >= 15 is 0 Å². The highest BCUT2D eigenvalue weighted by Gasteiger charge is 2.60. The minimum atomic E-state index is -1.41. The van der Waals surface area contributed by atoms with Crippen molar-refractivity contribution < 1.29 is 19.1 Å². The van der Waals surface area contributed by atoms with Crippen LogP contribution in [0.25, 0.3) is 0 Å². The van der Waals surface area contributed by atoms with Crippen LogP contribution in [0.5, 0.6) is 0 Å². The van der Waals surface area contributed by atoms with Crippen molar-refractivity contribution in [1.29, 1.82) is 0 Å². The number of aromatic nitrogens is 2. The number of nitrogens with zero attached hydrogens (tertiary/aromatic N) is 4. The summed E-state index contributed by atoms with van der Waals surface area (Å²) in [5.41, 5.74) is -0.529. The van der Waals surface area contributed by atoms with Gasteiger partial charge in [0.15, 0.2) is 0 Å². The SMILES string of the molecule is CCN1C(=O)c2ccccc2N2C(=O)CC[C@]12C(=O)Nc1nnc(COC)s1. The molecule has 1 fully saturated rings. The molecule has 0 aliphatic carbocycles. The standard InChI is InChI=1S/C18H19N5O4S/c1-3-22-15(25)11-6-4-5-7-12(11)23-14(24)8-9-18(22,23)16(26)19-17-21-20-13(28-17)10-27-2/h4-7H,3,8-10H2,1-2H3,(H,19,21,26)/t18-/m0/s1. The number of ether oxygens (including phenoxy) is 1. The molecule has 2 aliphatic rings. The van der Waals surface area contributed by atoms with E-state index in [-0.39, 0.29) is 37.8 Å². The molecule has 1 N–H and O–H groups in total. The zero-order valence-electron chi connectivity index (χ0n) is 15.5. The van der Waals surface area contributed by atoms with Crippen LogP contribution in [0.3, 0.4) is 0 Å². The molecule has 3 heterocycles. The summed E-state index contributed by atoms with van der Waals surface area (Å²) >= 11 is 1.19. The lowest BCUT2D eigenvalue weighted by Crippen LogP contribution is -2.69. The molecule has 2 aromatic rings. The topological polar surface area (TPSA) is 105 Å². The predicted octanol–water partition coefficient (Wildman–Crippen LogP) is 1.62. The van der Waals surface area contributed by atoms with Gasteiger partial charge in [0.2, 0.25) is 16.7 Å². The first-order chi connectivity index (χ1) is 13.5. The summed E-state index contributed by atoms with van der Waals surface area (Å²) in [6.45, 7) is 2.37. The Balaban J connectivity index is 1.76. The fraction of sp³-hybridized carbons (Fsp3) is 0.389. The number of hydrogen-bond acceptors (Lipinski definition) is 7. The van der Waals surface area contributed by atoms with Gasteiger partial charge in [0.05, 0.1) is 11.3 Å². The van der Waals surface area contributed by atoms with E-state index in [9.17, 15) is 14.4 Å². The molecule has 0 bridgehead atoms. The fourth-order valence-electron chi connectivity index (χ4n) is 3.89. The van der Waals surface area contributed by atoms with Crippen LogP contribution in [0.2, 0.25) is 0 Å². The highest BCUT2D eigenvalue weighted by molar-refractivity contribution is 7.15. The fourth-order valence-corrected chi connectivity index (χ4v) is 4.60. The molecule has 9 nitrogen and oxygen atoms in total. The van der Waals surface area contributed by atoms with Crippen molar-refractivity contribution in [1.82, 2.24) is 15.1 Å². The van der Waals surface area contributed by atoms with Crippen LogP contribution in [-0.4, -0.2) is 52.1 Å². The van der Waals surface area contributed by atoms with Crippen molar-refractivity contribution in [2.24, 2.45) is 0 Å². The number of amides is 3. The van der Waals surface area contributed by atoms with Crippen LogP contribution < -0.4 is 10.2 Å². The van der Waals surface area contributed by atoms with Gasteiger partial charge in [-0.1, -0.05) is 23.5 Å². The summed E-state index contributed by atoms with van der Waals surface area (Å²) in [5, 5.41) is 11.6. The number of carbonyl (C=O) groups is 3. The lowest BCUT2D eigenvalue weighted by Gasteiger charge is -2.48. The molecule has 3 amide bonds. The van der Waals surface area contributed by atoms with Crippen molar-refractivity contribution in [3.05, 3.63) is 34.8 Å². The molecule has 2 aliphatic heterocycles. The van der Waals surface area contributed by atoms with Crippen LogP contribution >= 0.6 is 11.3 Å². The number of para-hydroxylation sites is 1. The van der Waals surface area contributed by atoms with Crippen molar-refractivity contribution in [2.45, 2.75) is 32.0 Å². The number of methoxy groups -OCH3 is 1. The number of hydrogen-bond donors (Lipinski definition) is 1. The smallest absolute Gasteiger partial charge is 0.273 e. The lowest BCUT2D eigenvalue weighted by molar-refractivity contribution is -0.128. The minimum absolute atomic E-state index is 0.177. The van der Waals surface area contributed by atoms with Crippen LogP contribution in [0.4, 0.5) is 10.8 Å². The average Bonchev–Trinajstić information content (AvgIpc) is 3.28. The van der Waals surface area contributed by atoms with E-state index in [0.29, 0.717) is 21.4 Å². The molecule has 10 heteroatoms. The zero-order chi connectivity index (χ0) is 19.9. The molecule has 146 valence electrons. The van der Waals surface area contributed by atoms with E-state index in [4.69, 9.17) is 4.74 Å². The molecular weight excluding hydrogens is 382 g/mol. The van der Waals surface area contributed by atoms with Crippen LogP contribution in [0.15, 0.2) is 24.3 Å². The predicted molar refractivity (Wildman–Crippen MR) is 102 cm³/mol. The number of carbonyl (C=O) groups excluding carboxylic acids is 3. The third-order valence-electron chi connectivity index (χ3n) is 5.01. The Kier molecular flexibility index (Phi) is 4.60. The maximum Gasteiger partial charge on any atom is 0.273 e. The van der Waals surface area contributed by atoms with Crippen LogP contribution in [0.1, 0.15) is 35.1 Å². The molecule has 0 saturated carbocycles. The Morgan fingerprint density at radius 3 is 2.86 bits per heavy atom. The van der Waals surface area contributed by atoms with Gasteiger partial charge in [0, 0.05) is 26.5 Å². The third-order valence-corrected chi connectivity index (χ3v) is 5.82. The minimum Gasteiger partial charge on any atom is -0.377 e. The Hall–Kier alpha value is -2.85. The normalized spacial score (nSPS) is 20.9. The molecule has 1 saturated heterocycles. The first-order valence-electron chi connectivity index (χ1n) is 8.89. The van der Waals surface area contributed by atoms with E-state index in [2.05, 4.69) is 15.5 Å². The number of likely N-dealkylation sites (N-methyl/N-ethyl adjacent to an activating group) is 1. The van der Waals surface area contributed by atoms with Gasteiger partial charge in [-0.2, -0.15) is 0 Å². The highest BCUT2D eigenvalue weighted by atomic mass is 32.1. The van der Waals surface area contributed by atoms with Crippen molar-refractivity contribution in [2.75, 3.05) is 23.9 Å². The Bertz CT molecular complexity index is 961. The Morgan fingerprint density at radius 2 is 2.11 bits per heavy atom. The van der Waals surface area contributed by atoms with Gasteiger partial charge in [-0.3, -0.25) is 24.6 Å². The maximum absolute atomic E-state index is 13.4. The van der Waals surface area contributed by atoms with E-state index in [1.165, 1.54) is 21.1 Å². The van der Waals surface area contributed by atoms with Gasteiger partial charge in [0.1, 0.15) is 11.6 Å². The summed E-state index contributed by atoms with van der Waals surface area (Å²) in [6, 6.07) is 6.88. The molecule has 1 aromatic heterocycles. The third kappa shape index (κ3) is 2.60. The first kappa shape index (κ1) is 18.5.